The molecule has 2 heterocycles. The number of hydrogen-bond acceptors (Lipinski definition) is 4. The van der Waals surface area contributed by atoms with E-state index in [1.807, 2.05) is 6.92 Å². The van der Waals surface area contributed by atoms with Crippen LogP contribution in [0.4, 0.5) is 13.2 Å². The molecule has 2 aliphatic rings. The molecule has 2 fully saturated rings. The summed E-state index contributed by atoms with van der Waals surface area (Å²) >= 11 is 0. The van der Waals surface area contributed by atoms with Gasteiger partial charge in [-0.3, -0.25) is 4.79 Å². The summed E-state index contributed by atoms with van der Waals surface area (Å²) in [6.45, 7) is 2.19. The molecule has 0 bridgehead atoms. The molecule has 1 aromatic rings. The Labute approximate surface area is 159 Å². The number of hydrogen-bond donors (Lipinski definition) is 1. The molecule has 27 heavy (non-hydrogen) atoms. The van der Waals surface area contributed by atoms with Gasteiger partial charge in [0.2, 0.25) is 0 Å². The second kappa shape index (κ2) is 8.70. The number of rotatable bonds is 6. The third-order valence-electron chi connectivity index (χ3n) is 4.71. The van der Waals surface area contributed by atoms with Crippen LogP contribution in [0.2, 0.25) is 0 Å². The van der Waals surface area contributed by atoms with Gasteiger partial charge in [0.05, 0.1) is 17.4 Å². The van der Waals surface area contributed by atoms with Crippen LogP contribution in [0.1, 0.15) is 62.6 Å². The maximum absolute atomic E-state index is 12.3. The van der Waals surface area contributed by atoms with Crippen molar-refractivity contribution in [3.8, 4) is 0 Å². The van der Waals surface area contributed by atoms with E-state index >= 15 is 0 Å². The van der Waals surface area contributed by atoms with Crippen molar-refractivity contribution in [1.29, 1.82) is 0 Å². The molecule has 11 heteroatoms. The van der Waals surface area contributed by atoms with Crippen LogP contribution in [0.5, 0.6) is 0 Å². The van der Waals surface area contributed by atoms with E-state index in [4.69, 9.17) is 4.52 Å². The smallest absolute Gasteiger partial charge is 0.390 e. The molecule has 1 aliphatic heterocycles. The Kier molecular flexibility index (Phi) is 7.03. The number of carbonyl (C=O) groups is 1. The molecule has 1 amide bonds. The number of amides is 1. The van der Waals surface area contributed by atoms with E-state index in [1.165, 1.54) is 0 Å². The molecule has 1 aromatic heterocycles. The topological polar surface area (TPSA) is 107 Å². The number of nitrogens with one attached hydrogen (secondary N) is 1. The van der Waals surface area contributed by atoms with Crippen molar-refractivity contribution in [1.82, 2.24) is 14.8 Å². The second-order valence-corrected chi connectivity index (χ2v) is 8.48. The summed E-state index contributed by atoms with van der Waals surface area (Å²) in [6, 6.07) is 1.36. The van der Waals surface area contributed by atoms with Crippen LogP contribution in [0.25, 0.3) is 0 Å². The highest BCUT2D eigenvalue weighted by molar-refractivity contribution is 7.82. The van der Waals surface area contributed by atoms with E-state index in [1.54, 1.807) is 10.4 Å². The molecule has 0 radical (unpaired) electrons. The van der Waals surface area contributed by atoms with E-state index in [9.17, 15) is 22.2 Å². The highest BCUT2D eigenvalue weighted by atomic mass is 32.2. The summed E-state index contributed by atoms with van der Waals surface area (Å²) in [5, 5.41) is 6.69. The fraction of sp³-hybridized carbons (Fsp3) is 0.750. The lowest BCUT2D eigenvalue weighted by molar-refractivity contribution is -0.129. The molecule has 0 spiro atoms. The zero-order chi connectivity index (χ0) is 18.9. The summed E-state index contributed by atoms with van der Waals surface area (Å²) in [6.07, 6.45) is -2.20. The number of aromatic nitrogens is 1. The molecule has 1 saturated heterocycles. The van der Waals surface area contributed by atoms with Crippen molar-refractivity contribution in [2.24, 2.45) is 0 Å². The minimum Gasteiger partial charge on any atom is -0.412 e. The van der Waals surface area contributed by atoms with Crippen LogP contribution in [-0.2, 0) is 11.0 Å². The molecule has 3 atom stereocenters. The number of halogens is 3. The maximum atomic E-state index is 12.3. The first-order valence-corrected chi connectivity index (χ1v) is 10.00. The Morgan fingerprint density at radius 3 is 2.74 bits per heavy atom. The van der Waals surface area contributed by atoms with Gasteiger partial charge in [-0.05, 0) is 32.6 Å². The van der Waals surface area contributed by atoms with Crippen molar-refractivity contribution in [3.63, 3.8) is 0 Å². The predicted molar refractivity (Wildman–Crippen MR) is 94.5 cm³/mol. The fourth-order valence-corrected chi connectivity index (χ4v) is 4.56. The Bertz CT molecular complexity index is 684. The summed E-state index contributed by atoms with van der Waals surface area (Å²) in [4.78, 5) is 12.3. The molecule has 1 saturated carbocycles. The Hall–Kier alpha value is -1.46. The Morgan fingerprint density at radius 1 is 1.44 bits per heavy atom. The molecule has 7 nitrogen and oxygen atoms in total. The summed E-state index contributed by atoms with van der Waals surface area (Å²) < 4.78 is 55.7. The Balaban J connectivity index is 0.00000196. The normalized spacial score (nSPS) is 24.9. The van der Waals surface area contributed by atoms with E-state index < -0.39 is 29.3 Å². The lowest BCUT2D eigenvalue weighted by Crippen LogP contribution is -2.49. The van der Waals surface area contributed by atoms with Crippen LogP contribution >= 0.6 is 0 Å². The highest BCUT2D eigenvalue weighted by Crippen LogP contribution is 2.40. The van der Waals surface area contributed by atoms with Gasteiger partial charge >= 0.3 is 6.18 Å². The summed E-state index contributed by atoms with van der Waals surface area (Å²) in [5.41, 5.74) is 0.246. The molecule has 156 valence electrons. The van der Waals surface area contributed by atoms with Gasteiger partial charge in [-0.25, -0.2) is 8.51 Å². The first-order chi connectivity index (χ1) is 12.2. The van der Waals surface area contributed by atoms with Crippen LogP contribution in [0, 0.1) is 0 Å². The number of nitrogens with zero attached hydrogens (tertiary/aromatic N) is 2. The van der Waals surface area contributed by atoms with E-state index in [-0.39, 0.29) is 30.6 Å². The van der Waals surface area contributed by atoms with Gasteiger partial charge in [-0.15, -0.1) is 0 Å². The summed E-state index contributed by atoms with van der Waals surface area (Å²) in [5.74, 6) is 0.371. The van der Waals surface area contributed by atoms with Crippen LogP contribution in [-0.4, -0.2) is 55.6 Å². The number of carbonyl (C=O) groups excluding carboxylic acids is 1. The van der Waals surface area contributed by atoms with E-state index in [0.717, 1.165) is 18.6 Å². The average molecular weight is 413 g/mol. The van der Waals surface area contributed by atoms with Crippen molar-refractivity contribution < 1.29 is 33.6 Å². The fourth-order valence-electron chi connectivity index (χ4n) is 3.12. The number of alkyl halides is 3. The monoisotopic (exact) mass is 413 g/mol. The molecule has 3 rings (SSSR count). The number of piperidine rings is 1. The molecule has 0 aromatic carbocycles. The minimum atomic E-state index is -4.30. The van der Waals surface area contributed by atoms with Crippen LogP contribution < -0.4 is 5.32 Å². The van der Waals surface area contributed by atoms with Gasteiger partial charge in [-0.1, -0.05) is 5.16 Å². The second-order valence-electron chi connectivity index (χ2n) is 6.96. The van der Waals surface area contributed by atoms with Gasteiger partial charge < -0.3 is 15.3 Å². The largest absolute Gasteiger partial charge is 0.412 e. The van der Waals surface area contributed by atoms with Crippen LogP contribution in [0.3, 0.4) is 0 Å². The minimum absolute atomic E-state index is 0. The zero-order valence-corrected chi connectivity index (χ0v) is 15.7. The van der Waals surface area contributed by atoms with Gasteiger partial charge in [-0.2, -0.15) is 13.2 Å². The van der Waals surface area contributed by atoms with Gasteiger partial charge in [0.15, 0.2) is 5.69 Å². The third-order valence-corrected chi connectivity index (χ3v) is 6.33. The maximum Gasteiger partial charge on any atom is 0.390 e. The van der Waals surface area contributed by atoms with Crippen molar-refractivity contribution in [2.75, 3.05) is 12.3 Å². The third kappa shape index (κ3) is 6.01. The molecule has 1 unspecified atom stereocenters. The zero-order valence-electron chi connectivity index (χ0n) is 14.9. The SMILES string of the molecule is C[C@H]1C[C@@H](NC(=O)c2cc(C3CC3)on2)CCN1S(=O)CCC(F)(F)F.O.[HH]. The van der Waals surface area contributed by atoms with Crippen molar-refractivity contribution in [3.05, 3.63) is 17.5 Å². The average Bonchev–Trinajstić information content (AvgIpc) is 3.29. The van der Waals surface area contributed by atoms with Crippen LogP contribution in [0.15, 0.2) is 10.6 Å². The summed E-state index contributed by atoms with van der Waals surface area (Å²) in [7, 11) is -1.67. The lowest BCUT2D eigenvalue weighted by atomic mass is 10.0. The molecule has 1 aliphatic carbocycles. The standard InChI is InChI=1S/C16H22F3N3O3S.H2O.H2/c1-10-8-12(4-6-22(10)26(24)7-5-16(17,18)19)20-15(23)13-9-14(25-21-13)11-2-3-11;;/h9-12H,2-8H2,1H3,(H,20,23);1H2;1H/t10-,12-,26?;;/m0../s1. The quantitative estimate of drug-likeness (QED) is 0.771. The van der Waals surface area contributed by atoms with Gasteiger partial charge in [0, 0.05) is 37.8 Å². The molecule has 3 N–H and O–H groups in total. The van der Waals surface area contributed by atoms with Crippen molar-refractivity contribution in [2.45, 2.75) is 63.2 Å². The van der Waals surface area contributed by atoms with Gasteiger partial charge in [0.1, 0.15) is 5.76 Å². The predicted octanol–water partition coefficient (Wildman–Crippen LogP) is 2.17. The van der Waals surface area contributed by atoms with Crippen molar-refractivity contribution >= 4 is 16.9 Å². The van der Waals surface area contributed by atoms with E-state index in [0.29, 0.717) is 25.3 Å². The Morgan fingerprint density at radius 2 is 2.15 bits per heavy atom. The molecular formula is C16H26F3N3O4S. The van der Waals surface area contributed by atoms with E-state index in [2.05, 4.69) is 10.5 Å². The molecular weight excluding hydrogens is 387 g/mol. The highest BCUT2D eigenvalue weighted by Gasteiger charge is 2.34. The van der Waals surface area contributed by atoms with Gasteiger partial charge in [0.25, 0.3) is 5.91 Å². The lowest BCUT2D eigenvalue weighted by Gasteiger charge is -2.36. The first-order valence-electron chi connectivity index (χ1n) is 8.72. The first kappa shape index (κ1) is 21.8.